The van der Waals surface area contributed by atoms with Crippen LogP contribution in [0.25, 0.3) is 5.69 Å². The second kappa shape index (κ2) is 7.36. The Balaban J connectivity index is 1.56. The van der Waals surface area contributed by atoms with Crippen LogP contribution in [0.15, 0.2) is 60.9 Å². The number of tetrazole rings is 1. The summed E-state index contributed by atoms with van der Waals surface area (Å²) in [5, 5.41) is 13.9. The van der Waals surface area contributed by atoms with E-state index >= 15 is 0 Å². The van der Waals surface area contributed by atoms with Gasteiger partial charge in [-0.2, -0.15) is 0 Å². The van der Waals surface area contributed by atoms with Crippen LogP contribution in [0.4, 0.5) is 0 Å². The standard InChI is InChI=1S/C17H17N5O2/c1-13(14-6-3-2-4-7-14)19-17(23)11-24-16-9-5-8-15(10-16)22-12-18-20-21-22/h2-10,12-13H,11H2,1H3,(H,19,23). The number of carbonyl (C=O) groups excluding carboxylic acids is 1. The van der Waals surface area contributed by atoms with Gasteiger partial charge in [0.2, 0.25) is 0 Å². The highest BCUT2D eigenvalue weighted by molar-refractivity contribution is 5.78. The molecule has 0 fully saturated rings. The van der Waals surface area contributed by atoms with Gasteiger partial charge in [0.15, 0.2) is 6.61 Å². The Morgan fingerprint density at radius 2 is 2.04 bits per heavy atom. The second-order valence-corrected chi connectivity index (χ2v) is 5.24. The first-order chi connectivity index (χ1) is 11.7. The number of hydrogen-bond donors (Lipinski definition) is 1. The van der Waals surface area contributed by atoms with E-state index < -0.39 is 0 Å². The minimum absolute atomic E-state index is 0.0593. The Labute approximate surface area is 139 Å². The lowest BCUT2D eigenvalue weighted by molar-refractivity contribution is -0.123. The first-order valence-corrected chi connectivity index (χ1v) is 7.53. The lowest BCUT2D eigenvalue weighted by Crippen LogP contribution is -2.31. The molecule has 1 amide bonds. The molecule has 0 spiro atoms. The Hall–Kier alpha value is -3.22. The average molecular weight is 323 g/mol. The molecule has 1 heterocycles. The van der Waals surface area contributed by atoms with Gasteiger partial charge in [-0.05, 0) is 35.0 Å². The van der Waals surface area contributed by atoms with Crippen LogP contribution in [0.1, 0.15) is 18.5 Å². The van der Waals surface area contributed by atoms with E-state index in [0.29, 0.717) is 5.75 Å². The van der Waals surface area contributed by atoms with Crippen molar-refractivity contribution in [3.8, 4) is 11.4 Å². The zero-order chi connectivity index (χ0) is 16.8. The molecule has 7 nitrogen and oxygen atoms in total. The van der Waals surface area contributed by atoms with Crippen LogP contribution in [0.2, 0.25) is 0 Å². The van der Waals surface area contributed by atoms with Crippen molar-refractivity contribution >= 4 is 5.91 Å². The molecular formula is C17H17N5O2. The number of nitrogens with zero attached hydrogens (tertiary/aromatic N) is 4. The van der Waals surface area contributed by atoms with Gasteiger partial charge < -0.3 is 10.1 Å². The number of aromatic nitrogens is 4. The normalized spacial score (nSPS) is 11.7. The monoisotopic (exact) mass is 323 g/mol. The summed E-state index contributed by atoms with van der Waals surface area (Å²) in [6.07, 6.45) is 1.49. The maximum Gasteiger partial charge on any atom is 0.258 e. The summed E-state index contributed by atoms with van der Waals surface area (Å²) in [7, 11) is 0. The molecule has 0 aliphatic rings. The lowest BCUT2D eigenvalue weighted by Gasteiger charge is -2.14. The fraction of sp³-hybridized carbons (Fsp3) is 0.176. The van der Waals surface area contributed by atoms with Crippen molar-refractivity contribution in [3.63, 3.8) is 0 Å². The van der Waals surface area contributed by atoms with Crippen molar-refractivity contribution < 1.29 is 9.53 Å². The van der Waals surface area contributed by atoms with E-state index in [-0.39, 0.29) is 18.6 Å². The highest BCUT2D eigenvalue weighted by atomic mass is 16.5. The number of ether oxygens (including phenoxy) is 1. The van der Waals surface area contributed by atoms with Crippen LogP contribution in [0.3, 0.4) is 0 Å². The Kier molecular flexibility index (Phi) is 4.81. The van der Waals surface area contributed by atoms with Gasteiger partial charge >= 0.3 is 0 Å². The van der Waals surface area contributed by atoms with Gasteiger partial charge in [0.05, 0.1) is 11.7 Å². The highest BCUT2D eigenvalue weighted by Gasteiger charge is 2.10. The van der Waals surface area contributed by atoms with Crippen molar-refractivity contribution in [3.05, 3.63) is 66.5 Å². The van der Waals surface area contributed by atoms with Crippen LogP contribution in [0.5, 0.6) is 5.75 Å². The van der Waals surface area contributed by atoms with E-state index in [1.165, 1.54) is 11.0 Å². The predicted octanol–water partition coefficient (Wildman–Crippen LogP) is 1.92. The van der Waals surface area contributed by atoms with Crippen molar-refractivity contribution in [2.24, 2.45) is 0 Å². The van der Waals surface area contributed by atoms with Gasteiger partial charge in [-0.3, -0.25) is 4.79 Å². The topological polar surface area (TPSA) is 81.9 Å². The zero-order valence-corrected chi connectivity index (χ0v) is 13.2. The molecule has 3 aromatic rings. The highest BCUT2D eigenvalue weighted by Crippen LogP contribution is 2.16. The molecule has 7 heteroatoms. The van der Waals surface area contributed by atoms with E-state index in [0.717, 1.165) is 11.3 Å². The molecule has 0 aliphatic heterocycles. The fourth-order valence-electron chi connectivity index (χ4n) is 2.25. The zero-order valence-electron chi connectivity index (χ0n) is 13.2. The molecule has 0 saturated carbocycles. The second-order valence-electron chi connectivity index (χ2n) is 5.24. The molecule has 1 unspecified atom stereocenters. The molecule has 24 heavy (non-hydrogen) atoms. The van der Waals surface area contributed by atoms with E-state index in [1.54, 1.807) is 12.1 Å². The molecule has 0 aliphatic carbocycles. The van der Waals surface area contributed by atoms with Crippen LogP contribution in [-0.4, -0.2) is 32.7 Å². The average Bonchev–Trinajstić information content (AvgIpc) is 3.16. The summed E-state index contributed by atoms with van der Waals surface area (Å²) in [6.45, 7) is 1.88. The predicted molar refractivity (Wildman–Crippen MR) is 87.6 cm³/mol. The summed E-state index contributed by atoms with van der Waals surface area (Å²) in [4.78, 5) is 12.0. The van der Waals surface area contributed by atoms with E-state index in [9.17, 15) is 4.79 Å². The van der Waals surface area contributed by atoms with Gasteiger partial charge in [0.25, 0.3) is 5.91 Å². The minimum atomic E-state index is -0.181. The molecule has 1 atom stereocenters. The summed E-state index contributed by atoms with van der Waals surface area (Å²) in [5.74, 6) is 0.393. The first kappa shape index (κ1) is 15.7. The Morgan fingerprint density at radius 1 is 1.21 bits per heavy atom. The fourth-order valence-corrected chi connectivity index (χ4v) is 2.25. The van der Waals surface area contributed by atoms with Crippen molar-refractivity contribution in [2.75, 3.05) is 6.61 Å². The van der Waals surface area contributed by atoms with Gasteiger partial charge in [-0.15, -0.1) is 5.10 Å². The molecular weight excluding hydrogens is 306 g/mol. The van der Waals surface area contributed by atoms with Crippen LogP contribution in [0, 0.1) is 0 Å². The lowest BCUT2D eigenvalue weighted by atomic mass is 10.1. The SMILES string of the molecule is CC(NC(=O)COc1cccc(-n2cnnn2)c1)c1ccccc1. The number of rotatable bonds is 6. The van der Waals surface area contributed by atoms with E-state index in [2.05, 4.69) is 20.8 Å². The summed E-state index contributed by atoms with van der Waals surface area (Å²) >= 11 is 0. The third-order valence-electron chi connectivity index (χ3n) is 3.48. The smallest absolute Gasteiger partial charge is 0.258 e. The van der Waals surface area contributed by atoms with Gasteiger partial charge in [-0.1, -0.05) is 36.4 Å². The number of benzene rings is 2. The molecule has 122 valence electrons. The molecule has 0 bridgehead atoms. The molecule has 1 aromatic heterocycles. The van der Waals surface area contributed by atoms with Crippen molar-refractivity contribution in [2.45, 2.75) is 13.0 Å². The largest absolute Gasteiger partial charge is 0.484 e. The quantitative estimate of drug-likeness (QED) is 0.749. The molecule has 1 N–H and O–H groups in total. The van der Waals surface area contributed by atoms with Crippen molar-refractivity contribution in [1.82, 2.24) is 25.5 Å². The van der Waals surface area contributed by atoms with Gasteiger partial charge in [0, 0.05) is 6.07 Å². The van der Waals surface area contributed by atoms with Crippen molar-refractivity contribution in [1.29, 1.82) is 0 Å². The Morgan fingerprint density at radius 3 is 2.79 bits per heavy atom. The first-order valence-electron chi connectivity index (χ1n) is 7.53. The third-order valence-corrected chi connectivity index (χ3v) is 3.48. The summed E-state index contributed by atoms with van der Waals surface area (Å²) < 4.78 is 7.07. The summed E-state index contributed by atoms with van der Waals surface area (Å²) in [6, 6.07) is 16.9. The van der Waals surface area contributed by atoms with Crippen LogP contribution < -0.4 is 10.1 Å². The van der Waals surface area contributed by atoms with Crippen LogP contribution in [-0.2, 0) is 4.79 Å². The Bertz CT molecular complexity index is 790. The number of carbonyl (C=O) groups is 1. The van der Waals surface area contributed by atoms with Gasteiger partial charge in [-0.25, -0.2) is 4.68 Å². The molecule has 2 aromatic carbocycles. The third kappa shape index (κ3) is 3.95. The summed E-state index contributed by atoms with van der Waals surface area (Å²) in [5.41, 5.74) is 1.81. The van der Waals surface area contributed by atoms with E-state index in [1.807, 2.05) is 49.4 Å². The van der Waals surface area contributed by atoms with E-state index in [4.69, 9.17) is 4.74 Å². The molecule has 0 radical (unpaired) electrons. The number of hydrogen-bond acceptors (Lipinski definition) is 5. The van der Waals surface area contributed by atoms with Crippen LogP contribution >= 0.6 is 0 Å². The minimum Gasteiger partial charge on any atom is -0.484 e. The molecule has 3 rings (SSSR count). The molecule has 0 saturated heterocycles. The maximum absolute atomic E-state index is 12.0. The maximum atomic E-state index is 12.0. The van der Waals surface area contributed by atoms with Gasteiger partial charge in [0.1, 0.15) is 12.1 Å². The number of amides is 1. The number of nitrogens with one attached hydrogen (secondary N) is 1.